The second-order valence-electron chi connectivity index (χ2n) is 12.0. The third-order valence-electron chi connectivity index (χ3n) is 9.18. The highest BCUT2D eigenvalue weighted by molar-refractivity contribution is 7.86. The van der Waals surface area contributed by atoms with E-state index in [1.807, 2.05) is 78.9 Å². The van der Waals surface area contributed by atoms with Crippen LogP contribution < -0.4 is 15.9 Å². The first kappa shape index (κ1) is 27.5. The third kappa shape index (κ3) is 4.43. The van der Waals surface area contributed by atoms with Crippen molar-refractivity contribution in [2.75, 3.05) is 0 Å². The van der Waals surface area contributed by atoms with Crippen molar-refractivity contribution in [2.24, 2.45) is 0 Å². The molecule has 0 fully saturated rings. The number of para-hydroxylation sites is 1. The molecule has 0 spiro atoms. The molecule has 0 aliphatic carbocycles. The molecule has 1 atom stereocenters. The highest BCUT2D eigenvalue weighted by Gasteiger charge is 2.40. The first-order chi connectivity index (χ1) is 23.2. The topological polar surface area (TPSA) is 34.9 Å². The van der Waals surface area contributed by atoms with Gasteiger partial charge in [0.25, 0.3) is 0 Å². The maximum absolute atomic E-state index is 15.9. The van der Waals surface area contributed by atoms with E-state index in [1.165, 1.54) is 0 Å². The monoisotopic (exact) mass is 620 g/mol. The van der Waals surface area contributed by atoms with Crippen LogP contribution in [0.25, 0.3) is 61.5 Å². The lowest BCUT2D eigenvalue weighted by atomic mass is 9.93. The van der Waals surface area contributed by atoms with Crippen molar-refractivity contribution >= 4 is 34.1 Å². The van der Waals surface area contributed by atoms with Crippen molar-refractivity contribution in [1.82, 2.24) is 9.55 Å². The van der Waals surface area contributed by atoms with E-state index in [2.05, 4.69) is 102 Å². The van der Waals surface area contributed by atoms with Gasteiger partial charge in [-0.15, -0.1) is 0 Å². The second kappa shape index (κ2) is 10.9. The van der Waals surface area contributed by atoms with Gasteiger partial charge in [0.05, 0.1) is 16.7 Å². The molecule has 222 valence electrons. The molecule has 0 radical (unpaired) electrons. The smallest absolute Gasteiger partial charge is 0.175 e. The number of benzene rings is 7. The maximum Gasteiger partial charge on any atom is 0.175 e. The van der Waals surface area contributed by atoms with Crippen LogP contribution in [0.2, 0.25) is 0 Å². The fraction of sp³-hybridized carbons (Fsp3) is 0. The lowest BCUT2D eigenvalue weighted by Gasteiger charge is -2.29. The van der Waals surface area contributed by atoms with Gasteiger partial charge in [-0.3, -0.25) is 4.57 Å². The Balaban J connectivity index is 1.33. The fourth-order valence-electron chi connectivity index (χ4n) is 6.96. The Morgan fingerprint density at radius 2 is 0.957 bits per heavy atom. The average molecular weight is 621 g/mol. The highest BCUT2D eigenvalue weighted by Crippen LogP contribution is 2.51. The summed E-state index contributed by atoms with van der Waals surface area (Å²) in [6.07, 6.45) is 0. The molecule has 0 saturated carbocycles. The van der Waals surface area contributed by atoms with Crippen LogP contribution in [0.3, 0.4) is 0 Å². The maximum atomic E-state index is 15.9. The number of rotatable bonds is 5. The van der Waals surface area contributed by atoms with Gasteiger partial charge in [0.2, 0.25) is 0 Å². The summed E-state index contributed by atoms with van der Waals surface area (Å²) < 4.78 is 18.1. The lowest BCUT2D eigenvalue weighted by Crippen LogP contribution is -2.33. The van der Waals surface area contributed by atoms with E-state index in [9.17, 15) is 0 Å². The van der Waals surface area contributed by atoms with Crippen molar-refractivity contribution in [3.8, 4) is 50.5 Å². The van der Waals surface area contributed by atoms with Gasteiger partial charge < -0.3 is 4.57 Å². The number of aromatic nitrogens is 2. The van der Waals surface area contributed by atoms with Crippen LogP contribution in [0.5, 0.6) is 0 Å². The Morgan fingerprint density at radius 1 is 0.426 bits per heavy atom. The van der Waals surface area contributed by atoms with E-state index in [0.29, 0.717) is 0 Å². The van der Waals surface area contributed by atoms with Gasteiger partial charge >= 0.3 is 0 Å². The quantitative estimate of drug-likeness (QED) is 0.180. The fourth-order valence-corrected chi connectivity index (χ4v) is 9.99. The molecule has 3 nitrogen and oxygen atoms in total. The number of hydrogen-bond donors (Lipinski definition) is 0. The van der Waals surface area contributed by atoms with Crippen molar-refractivity contribution in [3.05, 3.63) is 176 Å². The lowest BCUT2D eigenvalue weighted by molar-refractivity contribution is 0.592. The molecule has 8 aromatic rings. The first-order valence-corrected chi connectivity index (χ1v) is 17.5. The summed E-state index contributed by atoms with van der Waals surface area (Å²) in [4.78, 5) is 5.13. The number of fused-ring (bicyclic) bond motifs is 2. The normalized spacial score (nSPS) is 15.0. The summed E-state index contributed by atoms with van der Waals surface area (Å²) in [5.41, 5.74) is 10.4. The van der Waals surface area contributed by atoms with Gasteiger partial charge in [-0.25, -0.2) is 4.98 Å². The molecule has 1 aliphatic rings. The molecule has 2 heterocycles. The number of nitrogens with zero attached hydrogens (tertiary/aromatic N) is 2. The zero-order chi connectivity index (χ0) is 31.4. The molecule has 0 bridgehead atoms. The Bertz CT molecular complexity index is 2410. The first-order valence-electron chi connectivity index (χ1n) is 15.8. The molecule has 0 saturated heterocycles. The Labute approximate surface area is 273 Å². The second-order valence-corrected chi connectivity index (χ2v) is 14.7. The Morgan fingerprint density at radius 3 is 1.55 bits per heavy atom. The van der Waals surface area contributed by atoms with Crippen LogP contribution >= 0.6 is 7.14 Å². The van der Waals surface area contributed by atoms with Crippen LogP contribution in [-0.4, -0.2) is 9.55 Å². The predicted molar refractivity (Wildman–Crippen MR) is 196 cm³/mol. The molecular weight excluding hydrogens is 591 g/mol. The van der Waals surface area contributed by atoms with E-state index in [0.717, 1.165) is 77.4 Å². The van der Waals surface area contributed by atoms with Crippen LogP contribution in [0.15, 0.2) is 176 Å². The van der Waals surface area contributed by atoms with E-state index < -0.39 is 7.14 Å². The van der Waals surface area contributed by atoms with E-state index in [4.69, 9.17) is 4.98 Å². The van der Waals surface area contributed by atoms with Crippen molar-refractivity contribution < 1.29 is 4.57 Å². The molecule has 7 aromatic carbocycles. The van der Waals surface area contributed by atoms with Crippen LogP contribution in [-0.2, 0) is 4.57 Å². The molecule has 1 unspecified atom stereocenters. The highest BCUT2D eigenvalue weighted by atomic mass is 31.2. The Kier molecular flexibility index (Phi) is 6.41. The van der Waals surface area contributed by atoms with Crippen LogP contribution in [0, 0.1) is 0 Å². The molecule has 0 amide bonds. The Hall–Kier alpha value is -5.76. The van der Waals surface area contributed by atoms with Crippen LogP contribution in [0.1, 0.15) is 0 Å². The summed E-state index contributed by atoms with van der Waals surface area (Å²) in [6.45, 7) is 0. The largest absolute Gasteiger partial charge is 0.308 e. The zero-order valence-electron chi connectivity index (χ0n) is 25.5. The molecule has 47 heavy (non-hydrogen) atoms. The zero-order valence-corrected chi connectivity index (χ0v) is 26.4. The third-order valence-corrected chi connectivity index (χ3v) is 12.3. The number of imidazole rings is 1. The summed E-state index contributed by atoms with van der Waals surface area (Å²) >= 11 is 0. The molecule has 9 rings (SSSR count). The van der Waals surface area contributed by atoms with Crippen molar-refractivity contribution in [3.63, 3.8) is 0 Å². The molecular formula is C43H29N2OP. The van der Waals surface area contributed by atoms with Gasteiger partial charge in [-0.05, 0) is 75.8 Å². The SMILES string of the molecule is O=P1(c2ccccc2)c2cc(-c3cc(-c4ccccc4)cc(-c4ccccc4)c3)ccc2-n2c(-c3ccccc3)nc3cccc1c32. The predicted octanol–water partition coefficient (Wildman–Crippen LogP) is 9.65. The van der Waals surface area contributed by atoms with Crippen molar-refractivity contribution in [2.45, 2.75) is 0 Å². The average Bonchev–Trinajstić information content (AvgIpc) is 3.55. The van der Waals surface area contributed by atoms with Crippen molar-refractivity contribution in [1.29, 1.82) is 0 Å². The molecule has 1 aromatic heterocycles. The van der Waals surface area contributed by atoms with E-state index in [1.54, 1.807) is 0 Å². The minimum absolute atomic E-state index is 0.822. The molecule has 1 aliphatic heterocycles. The summed E-state index contributed by atoms with van der Waals surface area (Å²) in [5.74, 6) is 0.846. The van der Waals surface area contributed by atoms with Gasteiger partial charge in [0.15, 0.2) is 7.14 Å². The van der Waals surface area contributed by atoms with Crippen LogP contribution in [0.4, 0.5) is 0 Å². The minimum Gasteiger partial charge on any atom is -0.308 e. The summed E-state index contributed by atoms with van der Waals surface area (Å²) in [6, 6.07) is 60.5. The molecule has 0 N–H and O–H groups in total. The summed E-state index contributed by atoms with van der Waals surface area (Å²) in [5, 5.41) is 2.47. The van der Waals surface area contributed by atoms with E-state index >= 15 is 4.57 Å². The number of hydrogen-bond acceptors (Lipinski definition) is 2. The van der Waals surface area contributed by atoms with Gasteiger partial charge in [-0.2, -0.15) is 0 Å². The van der Waals surface area contributed by atoms with Gasteiger partial charge in [0, 0.05) is 21.5 Å². The minimum atomic E-state index is -3.29. The van der Waals surface area contributed by atoms with Gasteiger partial charge in [-0.1, -0.05) is 133 Å². The summed E-state index contributed by atoms with van der Waals surface area (Å²) in [7, 11) is -3.29. The van der Waals surface area contributed by atoms with Gasteiger partial charge in [0.1, 0.15) is 5.82 Å². The standard InChI is InChI=1S/C43H29N2OP/c46-47(37-20-11-4-12-21-37)40-23-13-22-38-42(40)45(43(44-38)32-18-9-3-10-19-32)39-25-24-33(29-41(39)47)36-27-34(30-14-5-1-6-15-30)26-35(28-36)31-16-7-2-8-17-31/h1-29H. The molecule has 4 heteroatoms. The van der Waals surface area contributed by atoms with E-state index in [-0.39, 0.29) is 0 Å².